The number of imide groups is 1. The van der Waals surface area contributed by atoms with Crippen molar-refractivity contribution in [3.63, 3.8) is 0 Å². The molecule has 0 aromatic heterocycles. The van der Waals surface area contributed by atoms with Crippen molar-refractivity contribution in [3.8, 4) is 0 Å². The lowest BCUT2D eigenvalue weighted by molar-refractivity contribution is -0.124. The number of rotatable bonds is 3. The molecule has 0 saturated carbocycles. The van der Waals surface area contributed by atoms with Gasteiger partial charge in [-0.15, -0.1) is 0 Å². The number of benzene rings is 1. The van der Waals surface area contributed by atoms with Crippen molar-refractivity contribution in [1.82, 2.24) is 9.80 Å². The Morgan fingerprint density at radius 2 is 1.87 bits per heavy atom. The Morgan fingerprint density at radius 1 is 1.13 bits per heavy atom. The fourth-order valence-corrected chi connectivity index (χ4v) is 3.97. The summed E-state index contributed by atoms with van der Waals surface area (Å²) in [6.45, 7) is 2.24. The number of likely N-dealkylation sites (tertiary alicyclic amines) is 1. The average molecular weight is 371 g/mol. The van der Waals surface area contributed by atoms with Crippen molar-refractivity contribution in [1.29, 1.82) is 0 Å². The third kappa shape index (κ3) is 3.91. The first-order valence-corrected chi connectivity index (χ1v) is 9.04. The van der Waals surface area contributed by atoms with Gasteiger partial charge in [0.1, 0.15) is 0 Å². The molecule has 0 atom stereocenters. The quantitative estimate of drug-likeness (QED) is 0.735. The molecular weight excluding hydrogens is 355 g/mol. The summed E-state index contributed by atoms with van der Waals surface area (Å²) in [5.74, 6) is -0.253. The van der Waals surface area contributed by atoms with Crippen LogP contribution in [0.3, 0.4) is 0 Å². The topological polar surface area (TPSA) is 40.6 Å². The first-order chi connectivity index (χ1) is 11.0. The van der Waals surface area contributed by atoms with Crippen molar-refractivity contribution >= 4 is 52.2 Å². The molecule has 1 aromatic carbocycles. The number of carbonyl (C=O) groups excluding carboxylic acids is 2. The van der Waals surface area contributed by atoms with Crippen LogP contribution in [0.5, 0.6) is 0 Å². The standard InChI is InChI=1S/C16H16Cl2N2O2S/c17-12-5-4-11(13(18)9-12)8-14-15(21)20(16(22)23-14)10-19-6-2-1-3-7-19/h4-5,8-9H,1-3,6-7,10H2/b14-8-. The predicted octanol–water partition coefficient (Wildman–Crippen LogP) is 4.47. The number of halogens is 2. The van der Waals surface area contributed by atoms with Gasteiger partial charge in [0, 0.05) is 10.0 Å². The van der Waals surface area contributed by atoms with Crippen molar-refractivity contribution in [3.05, 3.63) is 38.7 Å². The SMILES string of the molecule is O=C1S/C(=C\c2ccc(Cl)cc2Cl)C(=O)N1CN1CCCCC1. The van der Waals surface area contributed by atoms with E-state index in [0.29, 0.717) is 27.2 Å². The fraction of sp³-hybridized carbons (Fsp3) is 0.375. The number of carbonyl (C=O) groups is 2. The van der Waals surface area contributed by atoms with Gasteiger partial charge in [-0.2, -0.15) is 0 Å². The lowest BCUT2D eigenvalue weighted by atomic mass is 10.1. The predicted molar refractivity (Wildman–Crippen MR) is 94.6 cm³/mol. The van der Waals surface area contributed by atoms with Crippen molar-refractivity contribution in [2.45, 2.75) is 19.3 Å². The molecule has 122 valence electrons. The zero-order valence-corrected chi connectivity index (χ0v) is 14.8. The maximum absolute atomic E-state index is 12.5. The Hall–Kier alpha value is -1.01. The van der Waals surface area contributed by atoms with Crippen LogP contribution in [0.4, 0.5) is 4.79 Å². The Balaban J connectivity index is 1.76. The summed E-state index contributed by atoms with van der Waals surface area (Å²) in [6, 6.07) is 5.06. The normalized spacial score (nSPS) is 21.5. The van der Waals surface area contributed by atoms with Gasteiger partial charge < -0.3 is 0 Å². The highest BCUT2D eigenvalue weighted by Gasteiger charge is 2.36. The van der Waals surface area contributed by atoms with Gasteiger partial charge in [-0.25, -0.2) is 0 Å². The molecule has 0 bridgehead atoms. The van der Waals surface area contributed by atoms with Gasteiger partial charge >= 0.3 is 0 Å². The number of hydrogen-bond donors (Lipinski definition) is 0. The van der Waals surface area contributed by atoms with E-state index >= 15 is 0 Å². The van der Waals surface area contributed by atoms with E-state index in [1.807, 2.05) is 0 Å². The second-order valence-electron chi connectivity index (χ2n) is 5.60. The molecule has 7 heteroatoms. The van der Waals surface area contributed by atoms with Gasteiger partial charge in [0.05, 0.1) is 11.6 Å². The first-order valence-electron chi connectivity index (χ1n) is 7.47. The number of thioether (sulfide) groups is 1. The Bertz CT molecular complexity index is 672. The second-order valence-corrected chi connectivity index (χ2v) is 7.43. The van der Waals surface area contributed by atoms with Crippen LogP contribution in [0, 0.1) is 0 Å². The summed E-state index contributed by atoms with van der Waals surface area (Å²) < 4.78 is 0. The number of amides is 2. The minimum Gasteiger partial charge on any atom is -0.286 e. The summed E-state index contributed by atoms with van der Waals surface area (Å²) in [5, 5.41) is 0.766. The number of hydrogen-bond acceptors (Lipinski definition) is 4. The smallest absolute Gasteiger partial charge is 0.286 e. The monoisotopic (exact) mass is 370 g/mol. The number of piperidine rings is 1. The third-order valence-electron chi connectivity index (χ3n) is 3.91. The van der Waals surface area contributed by atoms with E-state index in [0.717, 1.165) is 37.7 Å². The molecule has 0 spiro atoms. The van der Waals surface area contributed by atoms with Gasteiger partial charge in [0.25, 0.3) is 11.1 Å². The minimum atomic E-state index is -0.253. The summed E-state index contributed by atoms with van der Waals surface area (Å²) in [4.78, 5) is 28.5. The van der Waals surface area contributed by atoms with Crippen LogP contribution in [-0.2, 0) is 4.79 Å². The lowest BCUT2D eigenvalue weighted by Gasteiger charge is -2.29. The molecule has 2 heterocycles. The second kappa shape index (κ2) is 7.26. The van der Waals surface area contributed by atoms with Gasteiger partial charge in [0.2, 0.25) is 0 Å². The fourth-order valence-electron chi connectivity index (χ4n) is 2.68. The lowest BCUT2D eigenvalue weighted by Crippen LogP contribution is -2.42. The van der Waals surface area contributed by atoms with Gasteiger partial charge in [-0.1, -0.05) is 35.7 Å². The molecular formula is C16H16Cl2N2O2S. The van der Waals surface area contributed by atoms with E-state index in [-0.39, 0.29) is 11.1 Å². The number of nitrogens with zero attached hydrogens (tertiary/aromatic N) is 2. The zero-order valence-electron chi connectivity index (χ0n) is 12.4. The highest BCUT2D eigenvalue weighted by atomic mass is 35.5. The van der Waals surface area contributed by atoms with E-state index in [2.05, 4.69) is 4.90 Å². The molecule has 1 aromatic rings. The van der Waals surface area contributed by atoms with Gasteiger partial charge in [-0.05, 0) is 61.5 Å². The molecule has 2 aliphatic rings. The molecule has 0 N–H and O–H groups in total. The molecule has 2 aliphatic heterocycles. The van der Waals surface area contributed by atoms with Crippen LogP contribution in [0.25, 0.3) is 6.08 Å². The summed E-state index contributed by atoms with van der Waals surface area (Å²) in [6.07, 6.45) is 5.10. The Morgan fingerprint density at radius 3 is 2.57 bits per heavy atom. The summed E-state index contributed by atoms with van der Waals surface area (Å²) >= 11 is 13.0. The molecule has 0 aliphatic carbocycles. The molecule has 0 unspecified atom stereocenters. The third-order valence-corrected chi connectivity index (χ3v) is 5.38. The summed E-state index contributed by atoms with van der Waals surface area (Å²) in [5.41, 5.74) is 0.680. The maximum atomic E-state index is 12.5. The minimum absolute atomic E-state index is 0.225. The highest BCUT2D eigenvalue weighted by molar-refractivity contribution is 8.18. The van der Waals surface area contributed by atoms with Crippen LogP contribution in [-0.4, -0.2) is 40.7 Å². The van der Waals surface area contributed by atoms with Crippen LogP contribution >= 0.6 is 35.0 Å². The molecule has 2 fully saturated rings. The van der Waals surface area contributed by atoms with Gasteiger partial charge in [0.15, 0.2) is 0 Å². The molecule has 4 nitrogen and oxygen atoms in total. The van der Waals surface area contributed by atoms with Crippen molar-refractivity contribution < 1.29 is 9.59 Å². The molecule has 3 rings (SSSR count). The molecule has 23 heavy (non-hydrogen) atoms. The zero-order chi connectivity index (χ0) is 16.4. The van der Waals surface area contributed by atoms with E-state index < -0.39 is 0 Å². The van der Waals surface area contributed by atoms with E-state index in [9.17, 15) is 9.59 Å². The van der Waals surface area contributed by atoms with Gasteiger partial charge in [-0.3, -0.25) is 19.4 Å². The Labute approximate surface area is 149 Å². The highest BCUT2D eigenvalue weighted by Crippen LogP contribution is 2.34. The molecule has 2 saturated heterocycles. The van der Waals surface area contributed by atoms with Crippen LogP contribution in [0.2, 0.25) is 10.0 Å². The van der Waals surface area contributed by atoms with E-state index in [1.54, 1.807) is 24.3 Å². The van der Waals surface area contributed by atoms with Crippen LogP contribution < -0.4 is 0 Å². The maximum Gasteiger partial charge on any atom is 0.294 e. The molecule has 2 amide bonds. The van der Waals surface area contributed by atoms with E-state index in [1.165, 1.54) is 11.3 Å². The largest absolute Gasteiger partial charge is 0.294 e. The van der Waals surface area contributed by atoms with Crippen LogP contribution in [0.1, 0.15) is 24.8 Å². The van der Waals surface area contributed by atoms with Crippen LogP contribution in [0.15, 0.2) is 23.1 Å². The summed E-state index contributed by atoms with van der Waals surface area (Å²) in [7, 11) is 0. The van der Waals surface area contributed by atoms with Crippen molar-refractivity contribution in [2.24, 2.45) is 0 Å². The average Bonchev–Trinajstić information content (AvgIpc) is 2.79. The van der Waals surface area contributed by atoms with E-state index in [4.69, 9.17) is 23.2 Å². The Kier molecular flexibility index (Phi) is 5.31. The van der Waals surface area contributed by atoms with Crippen molar-refractivity contribution in [2.75, 3.05) is 19.8 Å². The molecule has 0 radical (unpaired) electrons. The first kappa shape index (κ1) is 16.8.